The van der Waals surface area contributed by atoms with Gasteiger partial charge in [-0.2, -0.15) is 0 Å². The number of rotatable bonds is 8. The summed E-state index contributed by atoms with van der Waals surface area (Å²) in [6.45, 7) is 4.66. The van der Waals surface area contributed by atoms with Crippen LogP contribution in [0, 0.1) is 0 Å². The van der Waals surface area contributed by atoms with Gasteiger partial charge >= 0.3 is 5.97 Å². The molecule has 0 aliphatic rings. The molecule has 2 aromatic rings. The van der Waals surface area contributed by atoms with E-state index in [0.717, 1.165) is 36.2 Å². The second-order valence-corrected chi connectivity index (χ2v) is 6.59. The molecule has 0 atom stereocenters. The number of unbranched alkanes of at least 4 members (excludes halogenated alkanes) is 2. The van der Waals surface area contributed by atoms with Gasteiger partial charge in [0, 0.05) is 5.02 Å². The molecule has 0 fully saturated rings. The summed E-state index contributed by atoms with van der Waals surface area (Å²) < 4.78 is 5.85. The van der Waals surface area contributed by atoms with Crippen LogP contribution in [0.4, 0.5) is 0 Å². The zero-order chi connectivity index (χ0) is 16.8. The molecule has 0 bridgehead atoms. The van der Waals surface area contributed by atoms with Gasteiger partial charge < -0.3 is 9.84 Å². The molecule has 23 heavy (non-hydrogen) atoms. The molecule has 1 N–H and O–H groups in total. The summed E-state index contributed by atoms with van der Waals surface area (Å²) >= 11 is 7.26. The molecule has 0 aliphatic carbocycles. The number of aryl methyl sites for hydroxylation is 1. The molecule has 1 aromatic carbocycles. The standard InChI is InChI=1S/C17H20ClNO3S/c1-3-5-6-9-22-14-8-7-11(18)10-12(14)16-19-13(4-2)15(23-16)17(20)21/h7-8,10H,3-6,9H2,1-2H3,(H,20,21). The van der Waals surface area contributed by atoms with E-state index < -0.39 is 5.97 Å². The third-order valence-electron chi connectivity index (χ3n) is 3.40. The van der Waals surface area contributed by atoms with E-state index >= 15 is 0 Å². The first kappa shape index (κ1) is 17.8. The number of hydrogen-bond acceptors (Lipinski definition) is 4. The number of hydrogen-bond donors (Lipinski definition) is 1. The van der Waals surface area contributed by atoms with Crippen molar-refractivity contribution in [1.29, 1.82) is 0 Å². The molecule has 0 spiro atoms. The van der Waals surface area contributed by atoms with E-state index in [4.69, 9.17) is 16.3 Å². The summed E-state index contributed by atoms with van der Waals surface area (Å²) in [5, 5.41) is 10.5. The fourth-order valence-corrected chi connectivity index (χ4v) is 3.39. The van der Waals surface area contributed by atoms with Crippen LogP contribution in [0.1, 0.15) is 48.5 Å². The minimum absolute atomic E-state index is 0.277. The van der Waals surface area contributed by atoms with Crippen molar-refractivity contribution in [3.8, 4) is 16.3 Å². The van der Waals surface area contributed by atoms with Crippen molar-refractivity contribution in [3.63, 3.8) is 0 Å². The number of nitrogens with zero attached hydrogens (tertiary/aromatic N) is 1. The highest BCUT2D eigenvalue weighted by Crippen LogP contribution is 2.36. The lowest BCUT2D eigenvalue weighted by molar-refractivity contribution is 0.0701. The van der Waals surface area contributed by atoms with Gasteiger partial charge in [-0.1, -0.05) is 38.3 Å². The maximum absolute atomic E-state index is 11.3. The molecule has 1 aromatic heterocycles. The van der Waals surface area contributed by atoms with Crippen LogP contribution in [0.3, 0.4) is 0 Å². The van der Waals surface area contributed by atoms with Crippen LogP contribution in [-0.2, 0) is 6.42 Å². The van der Waals surface area contributed by atoms with Crippen LogP contribution in [0.15, 0.2) is 18.2 Å². The van der Waals surface area contributed by atoms with Gasteiger partial charge in [0.2, 0.25) is 0 Å². The Hall–Kier alpha value is -1.59. The van der Waals surface area contributed by atoms with Crippen LogP contribution in [0.25, 0.3) is 10.6 Å². The Bertz CT molecular complexity index is 684. The van der Waals surface area contributed by atoms with Crippen molar-refractivity contribution in [2.75, 3.05) is 6.61 Å². The highest BCUT2D eigenvalue weighted by atomic mass is 35.5. The normalized spacial score (nSPS) is 10.7. The zero-order valence-corrected chi connectivity index (χ0v) is 14.8. The van der Waals surface area contributed by atoms with Crippen molar-refractivity contribution in [3.05, 3.63) is 33.8 Å². The van der Waals surface area contributed by atoms with Crippen molar-refractivity contribution in [2.24, 2.45) is 0 Å². The van der Waals surface area contributed by atoms with E-state index in [1.54, 1.807) is 12.1 Å². The quantitative estimate of drug-likeness (QED) is 0.655. The van der Waals surface area contributed by atoms with E-state index in [9.17, 15) is 9.90 Å². The largest absolute Gasteiger partial charge is 0.493 e. The SMILES string of the molecule is CCCCCOc1ccc(Cl)cc1-c1nc(CC)c(C(=O)O)s1. The Balaban J connectivity index is 2.34. The van der Waals surface area contributed by atoms with Gasteiger partial charge in [0.1, 0.15) is 15.6 Å². The lowest BCUT2D eigenvalue weighted by Gasteiger charge is -2.10. The molecule has 0 radical (unpaired) electrons. The number of benzene rings is 1. The number of thiazole rings is 1. The Morgan fingerprint density at radius 3 is 2.74 bits per heavy atom. The molecule has 0 amide bonds. The number of carboxylic acids is 1. The van der Waals surface area contributed by atoms with Gasteiger partial charge in [-0.25, -0.2) is 9.78 Å². The minimum Gasteiger partial charge on any atom is -0.493 e. The Labute approximate surface area is 145 Å². The van der Waals surface area contributed by atoms with Gasteiger partial charge in [-0.3, -0.25) is 0 Å². The van der Waals surface area contributed by atoms with E-state index in [0.29, 0.717) is 34.5 Å². The van der Waals surface area contributed by atoms with E-state index in [1.807, 2.05) is 13.0 Å². The number of ether oxygens (including phenoxy) is 1. The van der Waals surface area contributed by atoms with Gasteiger partial charge in [0.25, 0.3) is 0 Å². The van der Waals surface area contributed by atoms with Crippen LogP contribution in [0.2, 0.25) is 5.02 Å². The molecule has 0 saturated heterocycles. The smallest absolute Gasteiger partial charge is 0.347 e. The maximum Gasteiger partial charge on any atom is 0.347 e. The van der Waals surface area contributed by atoms with Crippen molar-refractivity contribution >= 4 is 28.9 Å². The fraction of sp³-hybridized carbons (Fsp3) is 0.412. The lowest BCUT2D eigenvalue weighted by Crippen LogP contribution is -1.98. The molecule has 124 valence electrons. The predicted molar refractivity (Wildman–Crippen MR) is 93.9 cm³/mol. The summed E-state index contributed by atoms with van der Waals surface area (Å²) in [6.07, 6.45) is 3.80. The van der Waals surface area contributed by atoms with Gasteiger partial charge in [0.15, 0.2) is 0 Å². The number of carbonyl (C=O) groups is 1. The fourth-order valence-electron chi connectivity index (χ4n) is 2.20. The maximum atomic E-state index is 11.3. The Morgan fingerprint density at radius 1 is 1.35 bits per heavy atom. The average molecular weight is 354 g/mol. The molecule has 2 rings (SSSR count). The number of carboxylic acid groups (broad SMARTS) is 1. The van der Waals surface area contributed by atoms with Crippen molar-refractivity contribution < 1.29 is 14.6 Å². The summed E-state index contributed by atoms with van der Waals surface area (Å²) in [4.78, 5) is 16.1. The van der Waals surface area contributed by atoms with E-state index in [-0.39, 0.29) is 4.88 Å². The number of halogens is 1. The molecule has 0 aliphatic heterocycles. The van der Waals surface area contributed by atoms with Crippen LogP contribution in [0.5, 0.6) is 5.75 Å². The highest BCUT2D eigenvalue weighted by molar-refractivity contribution is 7.17. The average Bonchev–Trinajstić information content (AvgIpc) is 2.97. The van der Waals surface area contributed by atoms with Crippen LogP contribution >= 0.6 is 22.9 Å². The van der Waals surface area contributed by atoms with Gasteiger partial charge in [0.05, 0.1) is 17.9 Å². The molecule has 6 heteroatoms. The summed E-state index contributed by atoms with van der Waals surface area (Å²) in [5.74, 6) is -0.253. The molecular weight excluding hydrogens is 334 g/mol. The van der Waals surface area contributed by atoms with Crippen LogP contribution in [-0.4, -0.2) is 22.7 Å². The summed E-state index contributed by atoms with van der Waals surface area (Å²) in [6, 6.07) is 5.37. The molecule has 0 unspecified atom stereocenters. The van der Waals surface area contributed by atoms with E-state index in [1.165, 1.54) is 0 Å². The van der Waals surface area contributed by atoms with Gasteiger partial charge in [-0.05, 0) is 31.0 Å². The first-order valence-electron chi connectivity index (χ1n) is 7.72. The topological polar surface area (TPSA) is 59.4 Å². The van der Waals surface area contributed by atoms with E-state index in [2.05, 4.69) is 11.9 Å². The zero-order valence-electron chi connectivity index (χ0n) is 13.3. The molecule has 4 nitrogen and oxygen atoms in total. The number of aromatic carboxylic acids is 1. The summed E-state index contributed by atoms with van der Waals surface area (Å²) in [7, 11) is 0. The second kappa shape index (κ2) is 8.31. The molecular formula is C17H20ClNO3S. The molecule has 0 saturated carbocycles. The monoisotopic (exact) mass is 353 g/mol. The Morgan fingerprint density at radius 2 is 2.13 bits per heavy atom. The first-order chi connectivity index (χ1) is 11.1. The third-order valence-corrected chi connectivity index (χ3v) is 4.76. The van der Waals surface area contributed by atoms with Crippen LogP contribution < -0.4 is 4.74 Å². The first-order valence-corrected chi connectivity index (χ1v) is 8.92. The number of aromatic nitrogens is 1. The Kier molecular flexibility index (Phi) is 6.42. The second-order valence-electron chi connectivity index (χ2n) is 5.15. The van der Waals surface area contributed by atoms with Crippen molar-refractivity contribution in [2.45, 2.75) is 39.5 Å². The summed E-state index contributed by atoms with van der Waals surface area (Å²) in [5.41, 5.74) is 1.34. The minimum atomic E-state index is -0.946. The lowest BCUT2D eigenvalue weighted by atomic mass is 10.2. The predicted octanol–water partition coefficient (Wildman–Crippen LogP) is 5.29. The van der Waals surface area contributed by atoms with Crippen molar-refractivity contribution in [1.82, 2.24) is 4.98 Å². The highest BCUT2D eigenvalue weighted by Gasteiger charge is 2.19. The van der Waals surface area contributed by atoms with Gasteiger partial charge in [-0.15, -0.1) is 11.3 Å². The molecule has 1 heterocycles. The third kappa shape index (κ3) is 4.45.